The number of carbonyl (C=O) groups is 2. The van der Waals surface area contributed by atoms with Crippen molar-refractivity contribution in [2.75, 3.05) is 18.4 Å². The smallest absolute Gasteiger partial charge is 0.257 e. The summed E-state index contributed by atoms with van der Waals surface area (Å²) in [7, 11) is 0. The van der Waals surface area contributed by atoms with Gasteiger partial charge in [-0.3, -0.25) is 9.59 Å². The highest BCUT2D eigenvalue weighted by atomic mass is 35.5. The minimum Gasteiger partial charge on any atom is -0.507 e. The molecule has 7 heteroatoms. The van der Waals surface area contributed by atoms with E-state index in [1.807, 2.05) is 24.3 Å². The average Bonchev–Trinajstić information content (AvgIpc) is 2.74. The molecule has 1 fully saturated rings. The van der Waals surface area contributed by atoms with E-state index in [1.165, 1.54) is 6.20 Å². The Hall–Kier alpha value is -3.12. The van der Waals surface area contributed by atoms with Gasteiger partial charge in [0, 0.05) is 25.2 Å². The third-order valence-electron chi connectivity index (χ3n) is 5.23. The second-order valence-electron chi connectivity index (χ2n) is 7.13. The highest BCUT2D eigenvalue weighted by molar-refractivity contribution is 6.30. The first-order chi connectivity index (χ1) is 14.0. The van der Waals surface area contributed by atoms with Crippen LogP contribution in [0.15, 0.2) is 54.7 Å². The maximum Gasteiger partial charge on any atom is 0.257 e. The number of aromatic nitrogens is 1. The summed E-state index contributed by atoms with van der Waals surface area (Å²) in [5.74, 6) is -0.0879. The van der Waals surface area contributed by atoms with E-state index in [2.05, 4.69) is 10.3 Å². The van der Waals surface area contributed by atoms with E-state index in [-0.39, 0.29) is 29.0 Å². The van der Waals surface area contributed by atoms with Gasteiger partial charge in [0.2, 0.25) is 5.91 Å². The predicted molar refractivity (Wildman–Crippen MR) is 112 cm³/mol. The summed E-state index contributed by atoms with van der Waals surface area (Å²) in [5, 5.41) is 15.4. The number of amides is 2. The molecule has 29 heavy (non-hydrogen) atoms. The van der Waals surface area contributed by atoms with Gasteiger partial charge in [-0.05, 0) is 47.9 Å². The van der Waals surface area contributed by atoms with Crippen LogP contribution in [0.2, 0.25) is 5.02 Å². The molecule has 0 saturated carbocycles. The lowest BCUT2D eigenvalue weighted by atomic mass is 9.95. The van der Waals surface area contributed by atoms with Crippen molar-refractivity contribution in [1.29, 1.82) is 0 Å². The Kier molecular flexibility index (Phi) is 5.36. The summed E-state index contributed by atoms with van der Waals surface area (Å²) in [5.41, 5.74) is 0.289. The van der Waals surface area contributed by atoms with E-state index in [1.54, 1.807) is 29.2 Å². The van der Waals surface area contributed by atoms with Crippen LogP contribution in [-0.4, -0.2) is 39.9 Å². The number of anilines is 1. The summed E-state index contributed by atoms with van der Waals surface area (Å²) < 4.78 is 0. The fourth-order valence-corrected chi connectivity index (χ4v) is 3.70. The van der Waals surface area contributed by atoms with E-state index < -0.39 is 0 Å². The summed E-state index contributed by atoms with van der Waals surface area (Å²) in [6.07, 6.45) is 2.59. The number of phenolic OH excluding ortho intramolecular Hbond substituents is 1. The van der Waals surface area contributed by atoms with Crippen LogP contribution in [0.25, 0.3) is 10.8 Å². The molecule has 0 unspecified atom stereocenters. The summed E-state index contributed by atoms with van der Waals surface area (Å²) >= 11 is 5.81. The molecule has 4 rings (SSSR count). The van der Waals surface area contributed by atoms with Gasteiger partial charge in [0.25, 0.3) is 5.91 Å². The van der Waals surface area contributed by atoms with Crippen molar-refractivity contribution in [3.8, 4) is 5.75 Å². The highest BCUT2D eigenvalue weighted by Gasteiger charge is 2.29. The number of hydrogen-bond donors (Lipinski definition) is 2. The van der Waals surface area contributed by atoms with Crippen molar-refractivity contribution in [2.45, 2.75) is 12.8 Å². The quantitative estimate of drug-likeness (QED) is 0.682. The average molecular weight is 410 g/mol. The summed E-state index contributed by atoms with van der Waals surface area (Å²) in [6, 6.07) is 14.2. The first-order valence-electron chi connectivity index (χ1n) is 9.45. The summed E-state index contributed by atoms with van der Waals surface area (Å²) in [6.45, 7) is 0.911. The molecule has 3 aromatic rings. The lowest BCUT2D eigenvalue weighted by Gasteiger charge is -2.31. The monoisotopic (exact) mass is 409 g/mol. The van der Waals surface area contributed by atoms with E-state index in [9.17, 15) is 14.7 Å². The Balaban J connectivity index is 1.40. The van der Waals surface area contributed by atoms with Gasteiger partial charge in [0.15, 0.2) is 0 Å². The van der Waals surface area contributed by atoms with Crippen molar-refractivity contribution < 1.29 is 14.7 Å². The molecule has 1 aromatic heterocycles. The van der Waals surface area contributed by atoms with Gasteiger partial charge in [0.1, 0.15) is 11.6 Å². The van der Waals surface area contributed by atoms with Crippen LogP contribution in [0.1, 0.15) is 23.2 Å². The van der Waals surface area contributed by atoms with Crippen molar-refractivity contribution in [3.63, 3.8) is 0 Å². The number of piperidine rings is 1. The maximum absolute atomic E-state index is 12.9. The molecule has 2 amide bonds. The number of aromatic hydroxyl groups is 1. The number of pyridine rings is 1. The number of nitrogens with zero attached hydrogens (tertiary/aromatic N) is 2. The van der Waals surface area contributed by atoms with Crippen molar-refractivity contribution >= 4 is 40.0 Å². The molecule has 0 atom stereocenters. The van der Waals surface area contributed by atoms with Crippen LogP contribution in [0.4, 0.5) is 5.82 Å². The Morgan fingerprint density at radius 3 is 2.41 bits per heavy atom. The van der Waals surface area contributed by atoms with Gasteiger partial charge in [-0.25, -0.2) is 4.98 Å². The number of halogens is 1. The minimum absolute atomic E-state index is 0.0256. The molecule has 1 aliphatic rings. The van der Waals surface area contributed by atoms with Crippen LogP contribution in [0.5, 0.6) is 5.75 Å². The number of rotatable bonds is 3. The lowest BCUT2D eigenvalue weighted by Crippen LogP contribution is -2.41. The normalized spacial score (nSPS) is 14.7. The van der Waals surface area contributed by atoms with Gasteiger partial charge in [-0.15, -0.1) is 0 Å². The molecule has 0 spiro atoms. The Labute approximate surface area is 173 Å². The second-order valence-corrected chi connectivity index (χ2v) is 7.57. The summed E-state index contributed by atoms with van der Waals surface area (Å²) in [4.78, 5) is 31.1. The fourth-order valence-electron chi connectivity index (χ4n) is 3.59. The van der Waals surface area contributed by atoms with Gasteiger partial charge < -0.3 is 15.3 Å². The third-order valence-corrected chi connectivity index (χ3v) is 5.45. The molecular formula is C22H20ClN3O3. The van der Waals surface area contributed by atoms with E-state index >= 15 is 0 Å². The number of carbonyl (C=O) groups excluding carboxylic acids is 2. The van der Waals surface area contributed by atoms with Crippen molar-refractivity contribution in [1.82, 2.24) is 9.88 Å². The van der Waals surface area contributed by atoms with Gasteiger partial charge >= 0.3 is 0 Å². The molecule has 0 aliphatic carbocycles. The number of nitrogens with one attached hydrogen (secondary N) is 1. The highest BCUT2D eigenvalue weighted by Crippen LogP contribution is 2.28. The molecule has 148 valence electrons. The predicted octanol–water partition coefficient (Wildman–Crippen LogP) is 4.08. The van der Waals surface area contributed by atoms with E-state index in [4.69, 9.17) is 11.6 Å². The molecule has 2 N–H and O–H groups in total. The molecule has 2 heterocycles. The van der Waals surface area contributed by atoms with Crippen LogP contribution in [-0.2, 0) is 4.79 Å². The Morgan fingerprint density at radius 1 is 1.07 bits per heavy atom. The van der Waals surface area contributed by atoms with Crippen LogP contribution in [0, 0.1) is 5.92 Å². The van der Waals surface area contributed by atoms with Crippen LogP contribution < -0.4 is 5.32 Å². The Bertz CT molecular complexity index is 1060. The Morgan fingerprint density at radius 2 is 1.76 bits per heavy atom. The molecule has 1 aliphatic heterocycles. The molecule has 0 bridgehead atoms. The third kappa shape index (κ3) is 4.17. The molecular weight excluding hydrogens is 390 g/mol. The van der Waals surface area contributed by atoms with E-state index in [0.29, 0.717) is 36.8 Å². The number of phenols is 1. The SMILES string of the molecule is O=C(Nc1ccc(Cl)cn1)C1CCN(C(=O)c2cc3ccccc3cc2O)CC1. The largest absolute Gasteiger partial charge is 0.507 e. The zero-order valence-electron chi connectivity index (χ0n) is 15.6. The number of fused-ring (bicyclic) bond motifs is 1. The minimum atomic E-state index is -0.216. The van der Waals surface area contributed by atoms with Crippen LogP contribution >= 0.6 is 11.6 Å². The standard InChI is InChI=1S/C22H20ClN3O3/c23-17-5-6-20(24-13-17)25-21(28)14-7-9-26(10-8-14)22(29)18-11-15-3-1-2-4-16(15)12-19(18)27/h1-6,11-14,27H,7-10H2,(H,24,25,28). The topological polar surface area (TPSA) is 82.5 Å². The zero-order chi connectivity index (χ0) is 20.4. The van der Waals surface area contributed by atoms with Gasteiger partial charge in [-0.2, -0.15) is 0 Å². The fraction of sp³-hybridized carbons (Fsp3) is 0.227. The van der Waals surface area contributed by atoms with Gasteiger partial charge in [0.05, 0.1) is 10.6 Å². The number of likely N-dealkylation sites (tertiary alicyclic amines) is 1. The molecule has 6 nitrogen and oxygen atoms in total. The molecule has 0 radical (unpaired) electrons. The first-order valence-corrected chi connectivity index (χ1v) is 9.82. The van der Waals surface area contributed by atoms with Gasteiger partial charge in [-0.1, -0.05) is 35.9 Å². The van der Waals surface area contributed by atoms with E-state index in [0.717, 1.165) is 10.8 Å². The second kappa shape index (κ2) is 8.09. The molecule has 2 aromatic carbocycles. The van der Waals surface area contributed by atoms with Crippen molar-refractivity contribution in [3.05, 3.63) is 65.3 Å². The lowest BCUT2D eigenvalue weighted by molar-refractivity contribution is -0.121. The van der Waals surface area contributed by atoms with Crippen molar-refractivity contribution in [2.24, 2.45) is 5.92 Å². The zero-order valence-corrected chi connectivity index (χ0v) is 16.4. The van der Waals surface area contributed by atoms with Crippen LogP contribution in [0.3, 0.4) is 0 Å². The number of hydrogen-bond acceptors (Lipinski definition) is 4. The number of benzene rings is 2. The maximum atomic E-state index is 12.9. The first kappa shape index (κ1) is 19.2. The molecule has 1 saturated heterocycles.